The Morgan fingerprint density at radius 3 is 2.46 bits per heavy atom. The lowest BCUT2D eigenvalue weighted by Gasteiger charge is -2.12. The van der Waals surface area contributed by atoms with Crippen molar-refractivity contribution in [1.29, 1.82) is 0 Å². The Bertz CT molecular complexity index is 675. The summed E-state index contributed by atoms with van der Waals surface area (Å²) < 4.78 is 39.2. The van der Waals surface area contributed by atoms with E-state index < -0.39 is 11.7 Å². The van der Waals surface area contributed by atoms with Gasteiger partial charge in [0.25, 0.3) is 0 Å². The first-order valence-corrected chi connectivity index (χ1v) is 7.33. The van der Waals surface area contributed by atoms with Gasteiger partial charge in [0, 0.05) is 20.6 Å². The molecule has 24 heavy (non-hydrogen) atoms. The van der Waals surface area contributed by atoms with Crippen molar-refractivity contribution in [3.63, 3.8) is 0 Å². The van der Waals surface area contributed by atoms with Gasteiger partial charge in [-0.25, -0.2) is 4.98 Å². The van der Waals surface area contributed by atoms with Crippen molar-refractivity contribution in [3.8, 4) is 0 Å². The number of nitrogens with one attached hydrogen (secondary N) is 2. The van der Waals surface area contributed by atoms with Crippen LogP contribution < -0.4 is 10.6 Å². The van der Waals surface area contributed by atoms with Crippen molar-refractivity contribution in [2.24, 2.45) is 12.0 Å². The van der Waals surface area contributed by atoms with Crippen LogP contribution in [0.4, 0.5) is 13.2 Å². The first-order valence-electron chi connectivity index (χ1n) is 7.33. The van der Waals surface area contributed by atoms with Crippen LogP contribution in [0.5, 0.6) is 0 Å². The Balaban J connectivity index is 1.78. The maximum Gasteiger partial charge on any atom is 0.416 e. The molecule has 0 spiro atoms. The van der Waals surface area contributed by atoms with Gasteiger partial charge < -0.3 is 10.6 Å². The average Bonchev–Trinajstić information content (AvgIpc) is 2.95. The summed E-state index contributed by atoms with van der Waals surface area (Å²) in [4.78, 5) is 8.18. The van der Waals surface area contributed by atoms with E-state index in [9.17, 15) is 13.2 Å². The van der Waals surface area contributed by atoms with Crippen molar-refractivity contribution < 1.29 is 13.2 Å². The molecule has 130 valence electrons. The molecule has 0 aliphatic heterocycles. The van der Waals surface area contributed by atoms with Crippen LogP contribution in [0.25, 0.3) is 0 Å². The van der Waals surface area contributed by atoms with E-state index >= 15 is 0 Å². The molecule has 2 rings (SSSR count). The van der Waals surface area contributed by atoms with Crippen LogP contribution in [-0.2, 0) is 26.2 Å². The maximum atomic E-state index is 12.5. The molecule has 0 fully saturated rings. The minimum atomic E-state index is -4.30. The van der Waals surface area contributed by atoms with Crippen molar-refractivity contribution in [2.45, 2.75) is 19.1 Å². The van der Waals surface area contributed by atoms with Gasteiger partial charge >= 0.3 is 6.18 Å². The third kappa shape index (κ3) is 4.97. The van der Waals surface area contributed by atoms with Crippen LogP contribution in [-0.4, -0.2) is 34.3 Å². The molecule has 0 aliphatic rings. The molecule has 0 unspecified atom stereocenters. The summed E-state index contributed by atoms with van der Waals surface area (Å²) in [5.41, 5.74) is 0.180. The maximum absolute atomic E-state index is 12.5. The standard InChI is InChI=1S/C15H19F3N6/c1-19-14(21-9-13-22-10-23-24(13)2)20-8-7-11-3-5-12(6-4-11)15(16,17)18/h3-6,10H,7-9H2,1-2H3,(H2,19,20,21). The van der Waals surface area contributed by atoms with Gasteiger partial charge in [0.05, 0.1) is 12.1 Å². The summed E-state index contributed by atoms with van der Waals surface area (Å²) in [6.45, 7) is 1.01. The molecule has 0 atom stereocenters. The summed E-state index contributed by atoms with van der Waals surface area (Å²) in [5, 5.41) is 10.2. The van der Waals surface area contributed by atoms with Crippen molar-refractivity contribution in [2.75, 3.05) is 13.6 Å². The number of hydrogen-bond acceptors (Lipinski definition) is 3. The quantitative estimate of drug-likeness (QED) is 0.643. The highest BCUT2D eigenvalue weighted by atomic mass is 19.4. The van der Waals surface area contributed by atoms with Gasteiger partial charge in [-0.05, 0) is 24.1 Å². The molecule has 0 saturated carbocycles. The number of aliphatic imine (C=N–C) groups is 1. The predicted octanol–water partition coefficient (Wildman–Crippen LogP) is 1.74. The van der Waals surface area contributed by atoms with Crippen LogP contribution in [0.3, 0.4) is 0 Å². The number of nitrogens with zero attached hydrogens (tertiary/aromatic N) is 4. The molecule has 0 bridgehead atoms. The summed E-state index contributed by atoms with van der Waals surface area (Å²) in [6.07, 6.45) is -2.25. The molecular formula is C15H19F3N6. The molecule has 0 amide bonds. The third-order valence-corrected chi connectivity index (χ3v) is 3.43. The minimum Gasteiger partial charge on any atom is -0.356 e. The summed E-state index contributed by atoms with van der Waals surface area (Å²) in [7, 11) is 3.44. The Labute approximate surface area is 137 Å². The smallest absolute Gasteiger partial charge is 0.356 e. The minimum absolute atomic E-state index is 0.469. The average molecular weight is 340 g/mol. The summed E-state index contributed by atoms with van der Waals surface area (Å²) >= 11 is 0. The Morgan fingerprint density at radius 2 is 1.92 bits per heavy atom. The fourth-order valence-electron chi connectivity index (χ4n) is 2.05. The zero-order valence-electron chi connectivity index (χ0n) is 13.4. The van der Waals surface area contributed by atoms with Gasteiger partial charge in [-0.1, -0.05) is 12.1 Å². The predicted molar refractivity (Wildman–Crippen MR) is 84.4 cm³/mol. The second-order valence-electron chi connectivity index (χ2n) is 5.10. The first kappa shape index (κ1) is 17.8. The Morgan fingerprint density at radius 1 is 1.21 bits per heavy atom. The highest BCUT2D eigenvalue weighted by molar-refractivity contribution is 5.79. The van der Waals surface area contributed by atoms with E-state index in [1.165, 1.54) is 18.5 Å². The second kappa shape index (κ2) is 7.80. The molecule has 6 nitrogen and oxygen atoms in total. The number of aromatic nitrogens is 3. The molecular weight excluding hydrogens is 321 g/mol. The van der Waals surface area contributed by atoms with Crippen molar-refractivity contribution >= 4 is 5.96 Å². The van der Waals surface area contributed by atoms with Crippen LogP contribution in [0, 0.1) is 0 Å². The van der Waals surface area contributed by atoms with Gasteiger partial charge in [-0.15, -0.1) is 0 Å². The molecule has 0 radical (unpaired) electrons. The number of hydrogen-bond donors (Lipinski definition) is 2. The van der Waals surface area contributed by atoms with Gasteiger partial charge in [0.15, 0.2) is 5.96 Å². The lowest BCUT2D eigenvalue weighted by Crippen LogP contribution is -2.38. The summed E-state index contributed by atoms with van der Waals surface area (Å²) in [5.74, 6) is 1.35. The SMILES string of the molecule is CN=C(NCCc1ccc(C(F)(F)F)cc1)NCc1ncnn1C. The van der Waals surface area contributed by atoms with E-state index in [1.807, 2.05) is 0 Å². The van der Waals surface area contributed by atoms with Crippen molar-refractivity contribution in [3.05, 3.63) is 47.5 Å². The number of rotatable bonds is 5. The molecule has 2 aromatic rings. The molecule has 1 aromatic heterocycles. The van der Waals surface area contributed by atoms with Gasteiger partial charge in [0.2, 0.25) is 0 Å². The second-order valence-corrected chi connectivity index (χ2v) is 5.10. The Kier molecular flexibility index (Phi) is 5.78. The topological polar surface area (TPSA) is 67.1 Å². The van der Waals surface area contributed by atoms with Gasteiger partial charge in [-0.3, -0.25) is 9.67 Å². The zero-order valence-corrected chi connectivity index (χ0v) is 13.4. The first-order chi connectivity index (χ1) is 11.4. The molecule has 1 heterocycles. The number of guanidine groups is 1. The number of halogens is 3. The number of aryl methyl sites for hydroxylation is 1. The number of alkyl halides is 3. The van der Waals surface area contributed by atoms with E-state index in [1.54, 1.807) is 18.8 Å². The van der Waals surface area contributed by atoms with Crippen molar-refractivity contribution in [1.82, 2.24) is 25.4 Å². The van der Waals surface area contributed by atoms with Crippen LogP contribution in [0.15, 0.2) is 35.6 Å². The normalized spacial score (nSPS) is 12.3. The largest absolute Gasteiger partial charge is 0.416 e. The van der Waals surface area contributed by atoms with Gasteiger partial charge in [-0.2, -0.15) is 18.3 Å². The van der Waals surface area contributed by atoms with E-state index in [-0.39, 0.29) is 0 Å². The molecule has 2 N–H and O–H groups in total. The Hall–Kier alpha value is -2.58. The molecule has 0 aliphatic carbocycles. The van der Waals surface area contributed by atoms with Crippen LogP contribution in [0.2, 0.25) is 0 Å². The third-order valence-electron chi connectivity index (χ3n) is 3.43. The van der Waals surface area contributed by atoms with E-state index in [2.05, 4.69) is 25.7 Å². The van der Waals surface area contributed by atoms with E-state index in [0.717, 1.165) is 23.5 Å². The fourth-order valence-corrected chi connectivity index (χ4v) is 2.05. The van der Waals surface area contributed by atoms with E-state index in [4.69, 9.17) is 0 Å². The zero-order chi connectivity index (χ0) is 17.6. The monoisotopic (exact) mass is 340 g/mol. The lowest BCUT2D eigenvalue weighted by molar-refractivity contribution is -0.137. The van der Waals surface area contributed by atoms with E-state index in [0.29, 0.717) is 25.5 Å². The molecule has 0 saturated heterocycles. The van der Waals surface area contributed by atoms with Crippen LogP contribution >= 0.6 is 0 Å². The lowest BCUT2D eigenvalue weighted by atomic mass is 10.1. The highest BCUT2D eigenvalue weighted by Crippen LogP contribution is 2.29. The highest BCUT2D eigenvalue weighted by Gasteiger charge is 2.29. The van der Waals surface area contributed by atoms with Gasteiger partial charge in [0.1, 0.15) is 12.2 Å². The summed E-state index contributed by atoms with van der Waals surface area (Å²) in [6, 6.07) is 5.16. The number of benzene rings is 1. The molecule has 9 heteroatoms. The fraction of sp³-hybridized carbons (Fsp3) is 0.400. The molecule has 1 aromatic carbocycles. The van der Waals surface area contributed by atoms with Crippen LogP contribution in [0.1, 0.15) is 17.0 Å².